The molecule has 1 saturated carbocycles. The molecule has 0 aliphatic heterocycles. The molecule has 29 heavy (non-hydrogen) atoms. The van der Waals surface area contributed by atoms with Crippen LogP contribution in [-0.2, 0) is 0 Å². The summed E-state index contributed by atoms with van der Waals surface area (Å²) in [7, 11) is 0. The Morgan fingerprint density at radius 2 is 1.93 bits per heavy atom. The van der Waals surface area contributed by atoms with Crippen LogP contribution in [0, 0.1) is 25.2 Å². The van der Waals surface area contributed by atoms with Crippen LogP contribution in [0.15, 0.2) is 29.2 Å². The highest BCUT2D eigenvalue weighted by Crippen LogP contribution is 2.30. The zero-order valence-electron chi connectivity index (χ0n) is 16.4. The van der Waals surface area contributed by atoms with Crippen molar-refractivity contribution in [1.82, 2.24) is 25.1 Å². The molecule has 3 heterocycles. The van der Waals surface area contributed by atoms with Crippen LogP contribution in [0.1, 0.15) is 43.6 Å². The van der Waals surface area contributed by atoms with Gasteiger partial charge in [-0.3, -0.25) is 0 Å². The molecule has 0 spiro atoms. The Labute approximate surface area is 169 Å². The summed E-state index contributed by atoms with van der Waals surface area (Å²) >= 11 is 0. The fourth-order valence-corrected chi connectivity index (χ4v) is 3.49. The maximum atomic E-state index is 5.36. The number of hydrogen-bond donors (Lipinski definition) is 2. The van der Waals surface area contributed by atoms with Crippen molar-refractivity contribution in [3.63, 3.8) is 0 Å². The van der Waals surface area contributed by atoms with Crippen molar-refractivity contribution in [3.05, 3.63) is 36.2 Å². The van der Waals surface area contributed by atoms with Gasteiger partial charge in [0.25, 0.3) is 5.89 Å². The van der Waals surface area contributed by atoms with E-state index in [1.54, 1.807) is 25.5 Å². The normalized spacial score (nSPS) is 14.3. The minimum Gasteiger partial charge on any atom is -0.384 e. The van der Waals surface area contributed by atoms with Crippen molar-refractivity contribution in [2.75, 3.05) is 17.2 Å². The van der Waals surface area contributed by atoms with Crippen molar-refractivity contribution in [2.24, 2.45) is 5.92 Å². The third kappa shape index (κ3) is 4.69. The van der Waals surface area contributed by atoms with Crippen LogP contribution in [-0.4, -0.2) is 31.6 Å². The second kappa shape index (κ2) is 8.69. The Bertz CT molecular complexity index is 1000. The number of pyridine rings is 1. The first-order chi connectivity index (χ1) is 14.2. The average Bonchev–Trinajstić information content (AvgIpc) is 3.20. The summed E-state index contributed by atoms with van der Waals surface area (Å²) in [5.41, 5.74) is 2.16. The number of aromatic nitrogens is 5. The Morgan fingerprint density at radius 1 is 1.10 bits per heavy atom. The summed E-state index contributed by atoms with van der Waals surface area (Å²) in [5.74, 6) is 5.37. The zero-order valence-corrected chi connectivity index (χ0v) is 16.4. The van der Waals surface area contributed by atoms with Crippen molar-refractivity contribution in [1.29, 1.82) is 0 Å². The molecule has 2 N–H and O–H groups in total. The molecule has 0 unspecified atom stereocenters. The van der Waals surface area contributed by atoms with Gasteiger partial charge in [0.1, 0.15) is 17.3 Å². The molecule has 0 bridgehead atoms. The quantitative estimate of drug-likeness (QED) is 0.611. The largest absolute Gasteiger partial charge is 0.384 e. The van der Waals surface area contributed by atoms with Gasteiger partial charge in [-0.05, 0) is 31.6 Å². The SMILES string of the molecule is C#Cc1cnc(Nc2cc(NCC3CCCCC3)c(-c3nc(C)no3)cn2)cn1. The number of nitrogens with zero attached hydrogens (tertiary/aromatic N) is 5. The third-order valence-corrected chi connectivity index (χ3v) is 5.02. The topological polar surface area (TPSA) is 102 Å². The number of nitrogens with one attached hydrogen (secondary N) is 2. The molecule has 3 aromatic rings. The van der Waals surface area contributed by atoms with Crippen molar-refractivity contribution >= 4 is 17.3 Å². The van der Waals surface area contributed by atoms with Gasteiger partial charge in [0.15, 0.2) is 5.82 Å². The van der Waals surface area contributed by atoms with Crippen LogP contribution in [0.5, 0.6) is 0 Å². The minimum absolute atomic E-state index is 0.450. The van der Waals surface area contributed by atoms with Gasteiger partial charge in [0.2, 0.25) is 0 Å². The van der Waals surface area contributed by atoms with E-state index in [1.807, 2.05) is 6.07 Å². The number of rotatable bonds is 6. The Hall–Kier alpha value is -3.47. The van der Waals surface area contributed by atoms with Gasteiger partial charge in [0.05, 0.1) is 23.6 Å². The number of hydrogen-bond acceptors (Lipinski definition) is 8. The Morgan fingerprint density at radius 3 is 2.62 bits per heavy atom. The molecule has 0 aromatic carbocycles. The van der Waals surface area contributed by atoms with Crippen LogP contribution >= 0.6 is 0 Å². The number of anilines is 3. The van der Waals surface area contributed by atoms with E-state index in [1.165, 1.54) is 32.1 Å². The molecule has 3 aromatic heterocycles. The third-order valence-electron chi connectivity index (χ3n) is 5.02. The highest BCUT2D eigenvalue weighted by Gasteiger charge is 2.17. The molecule has 0 atom stereocenters. The van der Waals surface area contributed by atoms with Crippen molar-refractivity contribution in [3.8, 4) is 23.8 Å². The van der Waals surface area contributed by atoms with Crippen LogP contribution in [0.3, 0.4) is 0 Å². The van der Waals surface area contributed by atoms with Crippen LogP contribution in [0.4, 0.5) is 17.3 Å². The fraction of sp³-hybridized carbons (Fsp3) is 0.381. The zero-order chi connectivity index (χ0) is 20.1. The molecule has 1 aliphatic rings. The Balaban J connectivity index is 1.57. The van der Waals surface area contributed by atoms with E-state index in [0.29, 0.717) is 35.0 Å². The van der Waals surface area contributed by atoms with Crippen LogP contribution in [0.25, 0.3) is 11.5 Å². The molecule has 8 nitrogen and oxygen atoms in total. The summed E-state index contributed by atoms with van der Waals surface area (Å²) in [6.07, 6.45) is 16.6. The van der Waals surface area contributed by atoms with Crippen molar-refractivity contribution in [2.45, 2.75) is 39.0 Å². The molecule has 4 rings (SSSR count). The van der Waals surface area contributed by atoms with Gasteiger partial charge in [-0.2, -0.15) is 4.98 Å². The first-order valence-corrected chi connectivity index (χ1v) is 9.81. The molecular weight excluding hydrogens is 366 g/mol. The summed E-state index contributed by atoms with van der Waals surface area (Å²) in [6.45, 7) is 2.70. The second-order valence-electron chi connectivity index (χ2n) is 7.20. The monoisotopic (exact) mass is 389 g/mol. The predicted octanol–water partition coefficient (Wildman–Crippen LogP) is 3.95. The lowest BCUT2D eigenvalue weighted by atomic mass is 9.89. The van der Waals surface area contributed by atoms with Gasteiger partial charge >= 0.3 is 0 Å². The van der Waals surface area contributed by atoms with E-state index in [2.05, 4.69) is 41.6 Å². The van der Waals surface area contributed by atoms with Crippen LogP contribution < -0.4 is 10.6 Å². The lowest BCUT2D eigenvalue weighted by molar-refractivity contribution is 0.373. The highest BCUT2D eigenvalue weighted by molar-refractivity contribution is 5.75. The minimum atomic E-state index is 0.450. The van der Waals surface area contributed by atoms with Crippen LogP contribution in [0.2, 0.25) is 0 Å². The first-order valence-electron chi connectivity index (χ1n) is 9.81. The lowest BCUT2D eigenvalue weighted by Gasteiger charge is -2.23. The average molecular weight is 389 g/mol. The molecular formula is C21H23N7O. The maximum Gasteiger partial charge on any atom is 0.261 e. The molecule has 0 amide bonds. The molecule has 0 saturated heterocycles. The molecule has 1 fully saturated rings. The van der Waals surface area contributed by atoms with Gasteiger partial charge in [-0.25, -0.2) is 15.0 Å². The summed E-state index contributed by atoms with van der Waals surface area (Å²) in [5, 5.41) is 10.6. The summed E-state index contributed by atoms with van der Waals surface area (Å²) in [4.78, 5) is 17.2. The Kier molecular flexibility index (Phi) is 5.66. The maximum absolute atomic E-state index is 5.36. The van der Waals surface area contributed by atoms with E-state index < -0.39 is 0 Å². The van der Waals surface area contributed by atoms with Gasteiger partial charge in [-0.15, -0.1) is 6.42 Å². The number of aryl methyl sites for hydroxylation is 1. The molecule has 8 heteroatoms. The smallest absolute Gasteiger partial charge is 0.261 e. The first kappa shape index (κ1) is 18.9. The predicted molar refractivity (Wildman–Crippen MR) is 111 cm³/mol. The van der Waals surface area contributed by atoms with E-state index in [-0.39, 0.29) is 0 Å². The second-order valence-corrected chi connectivity index (χ2v) is 7.20. The van der Waals surface area contributed by atoms with Gasteiger partial charge < -0.3 is 15.2 Å². The van der Waals surface area contributed by atoms with Crippen molar-refractivity contribution < 1.29 is 4.52 Å². The van der Waals surface area contributed by atoms with Gasteiger partial charge in [-0.1, -0.05) is 24.4 Å². The van der Waals surface area contributed by atoms with E-state index >= 15 is 0 Å². The van der Waals surface area contributed by atoms with E-state index in [9.17, 15) is 0 Å². The molecule has 0 radical (unpaired) electrons. The molecule has 1 aliphatic carbocycles. The summed E-state index contributed by atoms with van der Waals surface area (Å²) in [6, 6.07) is 1.93. The number of terminal acetylenes is 1. The standard InChI is InChI=1S/C21H23N7O/c1-3-16-11-24-20(13-22-16)27-19-9-18(23-10-15-7-5-4-6-8-15)17(12-25-19)21-26-14(2)28-29-21/h1,9,11-13,15H,4-8,10H2,2H3,(H2,23,24,25,27). The highest BCUT2D eigenvalue weighted by atomic mass is 16.5. The molecule has 148 valence electrons. The lowest BCUT2D eigenvalue weighted by Crippen LogP contribution is -2.17. The van der Waals surface area contributed by atoms with E-state index in [4.69, 9.17) is 10.9 Å². The fourth-order valence-electron chi connectivity index (χ4n) is 3.49. The van der Waals surface area contributed by atoms with E-state index in [0.717, 1.165) is 17.8 Å². The summed E-state index contributed by atoms with van der Waals surface area (Å²) < 4.78 is 5.36. The van der Waals surface area contributed by atoms with Gasteiger partial charge in [0, 0.05) is 18.8 Å².